The Balaban J connectivity index is 2.20. The van der Waals surface area contributed by atoms with Crippen LogP contribution in [0.2, 0.25) is 0 Å². The van der Waals surface area contributed by atoms with Crippen LogP contribution >= 0.6 is 45.2 Å². The van der Waals surface area contributed by atoms with Gasteiger partial charge in [0.2, 0.25) is 0 Å². The predicted molar refractivity (Wildman–Crippen MR) is 93.5 cm³/mol. The maximum atomic E-state index is 12.3. The molecule has 1 N–H and O–H groups in total. The Morgan fingerprint density at radius 3 is 2.60 bits per heavy atom. The summed E-state index contributed by atoms with van der Waals surface area (Å²) in [4.78, 5) is 21.9. The van der Waals surface area contributed by atoms with Crippen molar-refractivity contribution in [2.24, 2.45) is 5.92 Å². The number of halogens is 2. The Morgan fingerprint density at radius 1 is 1.45 bits per heavy atom. The topological polar surface area (TPSA) is 58.2 Å². The molecule has 2 heterocycles. The van der Waals surface area contributed by atoms with E-state index in [9.17, 15) is 4.79 Å². The van der Waals surface area contributed by atoms with Gasteiger partial charge in [0.05, 0.1) is 6.04 Å². The normalized spacial score (nSPS) is 23.2. The van der Waals surface area contributed by atoms with Crippen molar-refractivity contribution >= 4 is 51.3 Å². The molecule has 0 aromatic carbocycles. The minimum absolute atomic E-state index is 0.0168. The fourth-order valence-electron chi connectivity index (χ4n) is 2.33. The van der Waals surface area contributed by atoms with Gasteiger partial charge in [-0.15, -0.1) is 0 Å². The molecular formula is C13H19I2N3O2. The van der Waals surface area contributed by atoms with Crippen molar-refractivity contribution in [2.75, 3.05) is 6.54 Å². The first-order chi connectivity index (χ1) is 9.17. The molecule has 1 saturated heterocycles. The number of carbonyl (C=O) groups is 1. The second kappa shape index (κ2) is 5.98. The lowest BCUT2D eigenvalue weighted by atomic mass is 10.1. The fraction of sp³-hybridized carbons (Fsp3) is 0.692. The van der Waals surface area contributed by atoms with Gasteiger partial charge in [-0.05, 0) is 78.3 Å². The highest BCUT2D eigenvalue weighted by Crippen LogP contribution is 2.35. The van der Waals surface area contributed by atoms with E-state index >= 15 is 0 Å². The van der Waals surface area contributed by atoms with Crippen molar-refractivity contribution in [1.82, 2.24) is 14.9 Å². The largest absolute Gasteiger partial charge is 0.444 e. The molecule has 0 bridgehead atoms. The average molecular weight is 503 g/mol. The van der Waals surface area contributed by atoms with Crippen LogP contribution in [0.15, 0.2) is 0 Å². The van der Waals surface area contributed by atoms with Crippen LogP contribution in [-0.2, 0) is 4.74 Å². The van der Waals surface area contributed by atoms with E-state index in [0.29, 0.717) is 12.5 Å². The summed E-state index contributed by atoms with van der Waals surface area (Å²) in [7, 11) is 0. The van der Waals surface area contributed by atoms with Crippen LogP contribution in [0.25, 0.3) is 0 Å². The third-order valence-corrected chi connectivity index (χ3v) is 5.68. The molecule has 0 radical (unpaired) electrons. The van der Waals surface area contributed by atoms with Gasteiger partial charge in [0.25, 0.3) is 0 Å². The van der Waals surface area contributed by atoms with Crippen LogP contribution in [0.4, 0.5) is 4.79 Å². The number of amides is 1. The van der Waals surface area contributed by atoms with E-state index in [1.165, 1.54) is 0 Å². The summed E-state index contributed by atoms with van der Waals surface area (Å²) in [6, 6.07) is -0.0168. The van der Waals surface area contributed by atoms with Gasteiger partial charge in [0, 0.05) is 6.54 Å². The molecule has 2 rings (SSSR count). The van der Waals surface area contributed by atoms with Gasteiger partial charge in [-0.25, -0.2) is 9.78 Å². The molecule has 5 nitrogen and oxygen atoms in total. The average Bonchev–Trinajstić information content (AvgIpc) is 2.81. The third kappa shape index (κ3) is 3.77. The zero-order valence-electron chi connectivity index (χ0n) is 12.0. The van der Waals surface area contributed by atoms with Gasteiger partial charge in [-0.2, -0.15) is 0 Å². The van der Waals surface area contributed by atoms with E-state index < -0.39 is 5.60 Å². The maximum absolute atomic E-state index is 12.3. The number of nitrogens with one attached hydrogen (secondary N) is 1. The highest BCUT2D eigenvalue weighted by molar-refractivity contribution is 14.1. The SMILES string of the molecule is C[C@@H]1C[C@@H](c2nc(I)c(I)[nH]2)N(C(=O)OC(C)(C)C)C1. The van der Waals surface area contributed by atoms with Crippen molar-refractivity contribution in [1.29, 1.82) is 0 Å². The van der Waals surface area contributed by atoms with Crippen LogP contribution in [0.1, 0.15) is 46.0 Å². The van der Waals surface area contributed by atoms with E-state index in [-0.39, 0.29) is 12.1 Å². The Morgan fingerprint density at radius 2 is 2.10 bits per heavy atom. The van der Waals surface area contributed by atoms with Crippen molar-refractivity contribution in [3.63, 3.8) is 0 Å². The summed E-state index contributed by atoms with van der Waals surface area (Å²) in [6.07, 6.45) is 0.659. The number of rotatable bonds is 1. The van der Waals surface area contributed by atoms with Gasteiger partial charge in [-0.1, -0.05) is 6.92 Å². The summed E-state index contributed by atoms with van der Waals surface area (Å²) in [5.41, 5.74) is -0.473. The van der Waals surface area contributed by atoms with Gasteiger partial charge in [0.1, 0.15) is 18.8 Å². The zero-order chi connectivity index (χ0) is 15.1. The number of carbonyl (C=O) groups excluding carboxylic acids is 1. The molecule has 7 heteroatoms. The van der Waals surface area contributed by atoms with Crippen LogP contribution in [0.3, 0.4) is 0 Å². The molecule has 1 aliphatic rings. The number of H-pyrrole nitrogens is 1. The molecule has 1 aliphatic heterocycles. The van der Waals surface area contributed by atoms with Gasteiger partial charge >= 0.3 is 6.09 Å². The van der Waals surface area contributed by atoms with Gasteiger partial charge in [-0.3, -0.25) is 4.90 Å². The quantitative estimate of drug-likeness (QED) is 0.592. The highest BCUT2D eigenvalue weighted by atomic mass is 127. The number of aromatic nitrogens is 2. The lowest BCUT2D eigenvalue weighted by Crippen LogP contribution is -2.37. The number of hydrogen-bond acceptors (Lipinski definition) is 3. The van der Waals surface area contributed by atoms with Crippen LogP contribution in [0, 0.1) is 13.3 Å². The fourth-order valence-corrected chi connectivity index (χ4v) is 3.12. The Labute approximate surface area is 146 Å². The van der Waals surface area contributed by atoms with E-state index in [1.807, 2.05) is 20.8 Å². The second-order valence-electron chi connectivity index (χ2n) is 6.22. The molecule has 1 aromatic heterocycles. The second-order valence-corrected chi connectivity index (χ2v) is 8.32. The van der Waals surface area contributed by atoms with E-state index in [1.54, 1.807) is 4.90 Å². The molecular weight excluding hydrogens is 484 g/mol. The number of hydrogen-bond donors (Lipinski definition) is 1. The maximum Gasteiger partial charge on any atom is 0.410 e. The minimum atomic E-state index is -0.473. The Hall–Kier alpha value is -0.0600. The minimum Gasteiger partial charge on any atom is -0.444 e. The summed E-state index contributed by atoms with van der Waals surface area (Å²) in [5, 5.41) is 0. The molecule has 20 heavy (non-hydrogen) atoms. The van der Waals surface area contributed by atoms with Crippen molar-refractivity contribution in [3.05, 3.63) is 13.2 Å². The lowest BCUT2D eigenvalue weighted by molar-refractivity contribution is 0.0214. The first-order valence-electron chi connectivity index (χ1n) is 6.58. The van der Waals surface area contributed by atoms with Crippen LogP contribution in [-0.4, -0.2) is 33.1 Å². The lowest BCUT2D eigenvalue weighted by Gasteiger charge is -2.27. The van der Waals surface area contributed by atoms with Crippen LogP contribution < -0.4 is 0 Å². The smallest absolute Gasteiger partial charge is 0.410 e. The third-order valence-electron chi connectivity index (χ3n) is 3.09. The first-order valence-corrected chi connectivity index (χ1v) is 8.73. The molecule has 0 unspecified atom stereocenters. The molecule has 112 valence electrons. The predicted octanol–water partition coefficient (Wildman–Crippen LogP) is 3.94. The highest BCUT2D eigenvalue weighted by Gasteiger charge is 2.38. The van der Waals surface area contributed by atoms with Gasteiger partial charge in [0.15, 0.2) is 0 Å². The first kappa shape index (κ1) is 16.3. The Bertz CT molecular complexity index is 491. The number of imidazole rings is 1. The van der Waals surface area contributed by atoms with E-state index in [2.05, 4.69) is 62.1 Å². The molecule has 0 saturated carbocycles. The molecule has 1 aromatic rings. The number of likely N-dealkylation sites (tertiary alicyclic amines) is 1. The summed E-state index contributed by atoms with van der Waals surface area (Å²) < 4.78 is 7.46. The van der Waals surface area contributed by atoms with Crippen molar-refractivity contribution in [3.8, 4) is 0 Å². The summed E-state index contributed by atoms with van der Waals surface area (Å²) in [6.45, 7) is 8.53. The zero-order valence-corrected chi connectivity index (χ0v) is 16.4. The monoisotopic (exact) mass is 503 g/mol. The van der Waals surface area contributed by atoms with Gasteiger partial charge < -0.3 is 9.72 Å². The number of nitrogens with zero attached hydrogens (tertiary/aromatic N) is 2. The molecule has 0 spiro atoms. The summed E-state index contributed by atoms with van der Waals surface area (Å²) in [5.74, 6) is 1.31. The summed E-state index contributed by atoms with van der Waals surface area (Å²) >= 11 is 4.42. The molecule has 0 aliphatic carbocycles. The van der Waals surface area contributed by atoms with Crippen molar-refractivity contribution < 1.29 is 9.53 Å². The molecule has 1 fully saturated rings. The number of ether oxygens (including phenoxy) is 1. The van der Waals surface area contributed by atoms with E-state index in [4.69, 9.17) is 4.74 Å². The van der Waals surface area contributed by atoms with Crippen LogP contribution in [0.5, 0.6) is 0 Å². The molecule has 1 amide bonds. The van der Waals surface area contributed by atoms with Crippen molar-refractivity contribution in [2.45, 2.75) is 45.8 Å². The molecule has 2 atom stereocenters. The number of aromatic amines is 1. The Kier molecular flexibility index (Phi) is 4.87. The standard InChI is InChI=1S/C13H19I2N3O2/c1-7-5-8(11-16-9(14)10(15)17-11)18(6-7)12(19)20-13(2,3)4/h7-8H,5-6H2,1-4H3,(H,16,17)/t7-,8+/m1/s1. The van der Waals surface area contributed by atoms with E-state index in [0.717, 1.165) is 19.6 Å².